The van der Waals surface area contributed by atoms with E-state index in [0.29, 0.717) is 32.7 Å². The molecule has 0 rings (SSSR count). The molecule has 0 spiro atoms. The zero-order valence-corrected chi connectivity index (χ0v) is 24.0. The number of carboxylic acid groups (broad SMARTS) is 1. The predicted molar refractivity (Wildman–Crippen MR) is 131 cm³/mol. The summed E-state index contributed by atoms with van der Waals surface area (Å²) in [6.07, 6.45) is 1.57. The van der Waals surface area contributed by atoms with Crippen molar-refractivity contribution in [2.24, 2.45) is 0 Å². The second kappa shape index (κ2) is 17.3. The SMILES string of the molecule is CCO[Si](OCC)(OCC)C(CC)OC(=O)C(=CC(=O)O)C(CC)[Si](OCC)(OCC)OCC. The smallest absolute Gasteiger partial charge is 0.478 e. The topological polar surface area (TPSA) is 119 Å². The number of carbonyl (C=O) groups excluding carboxylic acids is 1. The number of hydrogen-bond donors (Lipinski definition) is 1. The van der Waals surface area contributed by atoms with Gasteiger partial charge in [0.2, 0.25) is 0 Å². The number of hydrogen-bond acceptors (Lipinski definition) is 9. The summed E-state index contributed by atoms with van der Waals surface area (Å²) in [7, 11) is -6.90. The lowest BCUT2D eigenvalue weighted by Crippen LogP contribution is -2.58. The maximum atomic E-state index is 13.5. The van der Waals surface area contributed by atoms with Crippen molar-refractivity contribution in [3.63, 3.8) is 0 Å². The minimum atomic E-state index is -3.49. The standard InChI is InChI=1S/C22H44O10Si2/c1-9-19(33(26-11-3,27-12-4)28-13-5)18(17-20(23)24)22(25)32-21(10-2)34(29-14-6,30-15-7)31-16-8/h17,19,21H,9-16H2,1-8H3,(H,23,24). The van der Waals surface area contributed by atoms with Crippen molar-refractivity contribution in [1.82, 2.24) is 0 Å². The van der Waals surface area contributed by atoms with Gasteiger partial charge in [0.1, 0.15) is 0 Å². The third-order valence-electron chi connectivity index (χ3n) is 4.81. The molecule has 0 amide bonds. The summed E-state index contributed by atoms with van der Waals surface area (Å²) < 4.78 is 41.5. The van der Waals surface area contributed by atoms with Crippen molar-refractivity contribution in [2.45, 2.75) is 79.5 Å². The lowest BCUT2D eigenvalue weighted by molar-refractivity contribution is -0.145. The molecular weight excluding hydrogens is 480 g/mol. The van der Waals surface area contributed by atoms with Crippen molar-refractivity contribution in [2.75, 3.05) is 39.6 Å². The number of ether oxygens (including phenoxy) is 1. The highest BCUT2D eigenvalue weighted by atomic mass is 28.4. The minimum Gasteiger partial charge on any atom is -0.478 e. The quantitative estimate of drug-likeness (QED) is 0.143. The summed E-state index contributed by atoms with van der Waals surface area (Å²) in [6.45, 7) is 16.2. The van der Waals surface area contributed by atoms with E-state index < -0.39 is 40.8 Å². The van der Waals surface area contributed by atoms with E-state index in [1.54, 1.807) is 20.8 Å². The molecule has 0 aliphatic rings. The van der Waals surface area contributed by atoms with Crippen molar-refractivity contribution >= 4 is 29.5 Å². The van der Waals surface area contributed by atoms with E-state index in [9.17, 15) is 14.7 Å². The fourth-order valence-corrected chi connectivity index (χ4v) is 9.64. The van der Waals surface area contributed by atoms with Crippen LogP contribution in [0.3, 0.4) is 0 Å². The summed E-state index contributed by atoms with van der Waals surface area (Å²) in [4.78, 5) is 25.3. The highest BCUT2D eigenvalue weighted by Crippen LogP contribution is 2.37. The molecule has 0 aromatic rings. The lowest BCUT2D eigenvalue weighted by atomic mass is 10.1. The van der Waals surface area contributed by atoms with Crippen LogP contribution in [0, 0.1) is 0 Å². The Morgan fingerprint density at radius 1 is 0.676 bits per heavy atom. The second-order valence-corrected chi connectivity index (χ2v) is 12.5. The van der Waals surface area contributed by atoms with Gasteiger partial charge in [-0.1, -0.05) is 13.8 Å². The molecule has 12 heteroatoms. The van der Waals surface area contributed by atoms with Crippen LogP contribution < -0.4 is 0 Å². The zero-order valence-electron chi connectivity index (χ0n) is 22.0. The normalized spacial score (nSPS) is 14.6. The van der Waals surface area contributed by atoms with E-state index in [1.807, 2.05) is 34.6 Å². The molecule has 0 aliphatic carbocycles. The summed E-state index contributed by atoms with van der Waals surface area (Å²) in [5.41, 5.74) is -1.64. The molecule has 200 valence electrons. The molecule has 0 fully saturated rings. The molecule has 0 aromatic heterocycles. The van der Waals surface area contributed by atoms with Gasteiger partial charge in [-0.15, -0.1) is 0 Å². The van der Waals surface area contributed by atoms with Gasteiger partial charge in [0.05, 0.1) is 11.1 Å². The summed E-state index contributed by atoms with van der Waals surface area (Å²) in [5.74, 6) is -2.10. The van der Waals surface area contributed by atoms with Crippen LogP contribution in [0.5, 0.6) is 0 Å². The molecule has 10 nitrogen and oxygen atoms in total. The minimum absolute atomic E-state index is 0.0807. The molecule has 1 N–H and O–H groups in total. The van der Waals surface area contributed by atoms with E-state index in [0.717, 1.165) is 6.08 Å². The fraction of sp³-hybridized carbons (Fsp3) is 0.818. The van der Waals surface area contributed by atoms with E-state index in [-0.39, 0.29) is 25.4 Å². The number of rotatable bonds is 20. The number of esters is 1. The Kier molecular flexibility index (Phi) is 16.8. The third-order valence-corrected chi connectivity index (χ3v) is 11.8. The maximum Gasteiger partial charge on any atom is 0.544 e. The van der Waals surface area contributed by atoms with Crippen LogP contribution in [0.25, 0.3) is 0 Å². The molecule has 0 saturated carbocycles. The summed E-state index contributed by atoms with van der Waals surface area (Å²) in [5, 5.41) is 9.58. The predicted octanol–water partition coefficient (Wildman–Crippen LogP) is 3.74. The van der Waals surface area contributed by atoms with E-state index >= 15 is 0 Å². The van der Waals surface area contributed by atoms with Crippen LogP contribution in [0.4, 0.5) is 0 Å². The van der Waals surface area contributed by atoms with Gasteiger partial charge in [0.25, 0.3) is 0 Å². The summed E-state index contributed by atoms with van der Waals surface area (Å²) in [6, 6.07) is 0. The van der Waals surface area contributed by atoms with E-state index in [2.05, 4.69) is 0 Å². The molecule has 0 aliphatic heterocycles. The van der Waals surface area contributed by atoms with Crippen molar-refractivity contribution < 1.29 is 46.0 Å². The number of carboxylic acids is 1. The fourth-order valence-electron chi connectivity index (χ4n) is 3.74. The average molecular weight is 525 g/mol. The molecule has 34 heavy (non-hydrogen) atoms. The van der Waals surface area contributed by atoms with Gasteiger partial charge in [-0.05, 0) is 54.4 Å². The molecular formula is C22H44O10Si2. The van der Waals surface area contributed by atoms with Crippen LogP contribution in [-0.2, 0) is 40.9 Å². The summed E-state index contributed by atoms with van der Waals surface area (Å²) >= 11 is 0. The van der Waals surface area contributed by atoms with E-state index in [4.69, 9.17) is 31.3 Å². The molecule has 0 bridgehead atoms. The highest BCUT2D eigenvalue weighted by Gasteiger charge is 2.55. The Balaban J connectivity index is 6.47. The molecule has 0 heterocycles. The maximum absolute atomic E-state index is 13.5. The van der Waals surface area contributed by atoms with Crippen LogP contribution in [-0.4, -0.2) is 80.0 Å². The van der Waals surface area contributed by atoms with Crippen molar-refractivity contribution in [3.8, 4) is 0 Å². The first-order valence-electron chi connectivity index (χ1n) is 12.2. The Bertz CT molecular complexity index is 595. The number of aliphatic carboxylic acids is 1. The molecule has 2 unspecified atom stereocenters. The Morgan fingerprint density at radius 2 is 1.06 bits per heavy atom. The Labute approximate surface area is 206 Å². The first-order valence-corrected chi connectivity index (χ1v) is 15.8. The van der Waals surface area contributed by atoms with Crippen molar-refractivity contribution in [1.29, 1.82) is 0 Å². The highest BCUT2D eigenvalue weighted by molar-refractivity contribution is 6.64. The largest absolute Gasteiger partial charge is 0.544 e. The zero-order chi connectivity index (χ0) is 26.2. The molecule has 0 radical (unpaired) electrons. The van der Waals surface area contributed by atoms with Gasteiger partial charge in [0.15, 0.2) is 5.73 Å². The lowest BCUT2D eigenvalue weighted by Gasteiger charge is -2.37. The Hall–Kier alpha value is -1.13. The van der Waals surface area contributed by atoms with Crippen LogP contribution in [0.2, 0.25) is 5.54 Å². The monoisotopic (exact) mass is 524 g/mol. The van der Waals surface area contributed by atoms with Gasteiger partial charge >= 0.3 is 29.5 Å². The molecule has 0 saturated heterocycles. The number of carbonyl (C=O) groups is 2. The van der Waals surface area contributed by atoms with Gasteiger partial charge < -0.3 is 36.4 Å². The van der Waals surface area contributed by atoms with Gasteiger partial charge in [-0.25, -0.2) is 9.59 Å². The second-order valence-electron chi connectivity index (χ2n) is 7.01. The first kappa shape index (κ1) is 32.9. The Morgan fingerprint density at radius 3 is 1.35 bits per heavy atom. The van der Waals surface area contributed by atoms with Gasteiger partial charge in [0, 0.05) is 45.7 Å². The molecule has 0 aromatic carbocycles. The van der Waals surface area contributed by atoms with Crippen LogP contribution in [0.1, 0.15) is 68.2 Å². The average Bonchev–Trinajstić information content (AvgIpc) is 2.77. The van der Waals surface area contributed by atoms with E-state index in [1.165, 1.54) is 0 Å². The first-order chi connectivity index (χ1) is 16.2. The third kappa shape index (κ3) is 9.15. The van der Waals surface area contributed by atoms with Crippen molar-refractivity contribution in [3.05, 3.63) is 11.6 Å². The van der Waals surface area contributed by atoms with Gasteiger partial charge in [-0.2, -0.15) is 0 Å². The molecule has 2 atom stereocenters. The van der Waals surface area contributed by atoms with Crippen LogP contribution in [0.15, 0.2) is 11.6 Å². The van der Waals surface area contributed by atoms with Gasteiger partial charge in [-0.3, -0.25) is 0 Å². The van der Waals surface area contributed by atoms with Crippen LogP contribution >= 0.6 is 0 Å².